The Morgan fingerprint density at radius 1 is 1.08 bits per heavy atom. The molecule has 36 heavy (non-hydrogen) atoms. The molecule has 0 amide bonds. The first kappa shape index (κ1) is 29.6. The molecule has 3 aliphatic rings. The maximum atomic E-state index is 10.6. The van der Waals surface area contributed by atoms with E-state index in [2.05, 4.69) is 9.88 Å². The number of likely N-dealkylation sites (tertiary alicyclic amines) is 1. The number of carboxylic acid groups (broad SMARTS) is 2. The maximum Gasteiger partial charge on any atom is 0.490 e. The average molecular weight is 530 g/mol. The van der Waals surface area contributed by atoms with Gasteiger partial charge >= 0.3 is 24.3 Å². The van der Waals surface area contributed by atoms with E-state index >= 15 is 0 Å². The van der Waals surface area contributed by atoms with Crippen molar-refractivity contribution < 1.29 is 55.6 Å². The van der Waals surface area contributed by atoms with Gasteiger partial charge in [0.1, 0.15) is 0 Å². The van der Waals surface area contributed by atoms with Crippen molar-refractivity contribution in [1.29, 1.82) is 0 Å². The van der Waals surface area contributed by atoms with E-state index in [-0.39, 0.29) is 5.41 Å². The summed E-state index contributed by atoms with van der Waals surface area (Å²) >= 11 is 0. The average Bonchev–Trinajstić information content (AvgIpc) is 3.62. The Morgan fingerprint density at radius 3 is 2.19 bits per heavy atom. The molecule has 1 saturated carbocycles. The highest BCUT2D eigenvalue weighted by molar-refractivity contribution is 5.73. The van der Waals surface area contributed by atoms with Crippen molar-refractivity contribution in [3.63, 3.8) is 0 Å². The number of carbonyl (C=O) groups is 2. The van der Waals surface area contributed by atoms with Crippen LogP contribution in [0.5, 0.6) is 5.88 Å². The van der Waals surface area contributed by atoms with Crippen LogP contribution in [-0.2, 0) is 14.3 Å². The van der Waals surface area contributed by atoms with Gasteiger partial charge in [0, 0.05) is 43.9 Å². The molecule has 1 aromatic rings. The highest BCUT2D eigenvalue weighted by Crippen LogP contribution is 2.42. The number of pyridine rings is 1. The van der Waals surface area contributed by atoms with Gasteiger partial charge < -0.3 is 24.6 Å². The standard InChI is InChI=1S/C18H26N2O2.2C2HF3O2/c1-2-9-19-17(4-1)22-14-18-8-3-11-21-16(18)7-10-20(13-18)12-15-5-6-15;2*3-2(4,5)1(6)7/h1-2,4,9,15-16H,3,5-8,10-14H2;2*(H,6,7). The zero-order valence-corrected chi connectivity index (χ0v) is 19.2. The van der Waals surface area contributed by atoms with Crippen LogP contribution in [-0.4, -0.2) is 83.3 Å². The lowest BCUT2D eigenvalue weighted by molar-refractivity contribution is -0.193. The number of fused-ring (bicyclic) bond motifs is 1. The molecule has 0 spiro atoms. The molecule has 1 aliphatic carbocycles. The zero-order valence-electron chi connectivity index (χ0n) is 19.2. The number of piperidine rings is 1. The molecule has 204 valence electrons. The van der Waals surface area contributed by atoms with Gasteiger partial charge in [-0.05, 0) is 44.1 Å². The third kappa shape index (κ3) is 9.80. The lowest BCUT2D eigenvalue weighted by Gasteiger charge is -2.50. The first-order valence-electron chi connectivity index (χ1n) is 11.2. The SMILES string of the molecule is O=C(O)C(F)(F)F.O=C(O)C(F)(F)F.c1ccc(OCC23CCCOC2CCN(CC2CC2)C3)nc1. The van der Waals surface area contributed by atoms with Gasteiger partial charge in [0.05, 0.1) is 12.7 Å². The fourth-order valence-corrected chi connectivity index (χ4v) is 4.06. The van der Waals surface area contributed by atoms with Crippen molar-refractivity contribution in [1.82, 2.24) is 9.88 Å². The number of carboxylic acids is 2. The molecular weight excluding hydrogens is 502 g/mol. The molecule has 4 rings (SSSR count). The topological polar surface area (TPSA) is 109 Å². The number of aromatic nitrogens is 1. The second-order valence-corrected chi connectivity index (χ2v) is 8.85. The van der Waals surface area contributed by atoms with Crippen molar-refractivity contribution in [3.8, 4) is 5.88 Å². The van der Waals surface area contributed by atoms with Gasteiger partial charge in [-0.1, -0.05) is 6.07 Å². The molecule has 14 heteroatoms. The van der Waals surface area contributed by atoms with E-state index in [1.165, 1.54) is 32.4 Å². The van der Waals surface area contributed by atoms with Crippen LogP contribution < -0.4 is 4.74 Å². The Hall–Kier alpha value is -2.61. The molecular formula is C22H28F6N2O6. The summed E-state index contributed by atoms with van der Waals surface area (Å²) in [5, 5.41) is 14.2. The first-order valence-corrected chi connectivity index (χ1v) is 11.2. The molecule has 1 aromatic heterocycles. The van der Waals surface area contributed by atoms with Crippen molar-refractivity contribution in [2.24, 2.45) is 11.3 Å². The summed E-state index contributed by atoms with van der Waals surface area (Å²) in [5.74, 6) is -3.82. The zero-order chi connectivity index (χ0) is 27.0. The quantitative estimate of drug-likeness (QED) is 0.550. The van der Waals surface area contributed by atoms with E-state index in [1.54, 1.807) is 6.20 Å². The second-order valence-electron chi connectivity index (χ2n) is 8.85. The molecule has 2 atom stereocenters. The van der Waals surface area contributed by atoms with E-state index in [1.807, 2.05) is 18.2 Å². The van der Waals surface area contributed by atoms with Gasteiger partial charge in [-0.3, -0.25) is 0 Å². The van der Waals surface area contributed by atoms with Gasteiger partial charge in [0.15, 0.2) is 0 Å². The van der Waals surface area contributed by atoms with Crippen molar-refractivity contribution in [3.05, 3.63) is 24.4 Å². The van der Waals surface area contributed by atoms with Crippen LogP contribution in [0.2, 0.25) is 0 Å². The molecule has 8 nitrogen and oxygen atoms in total. The monoisotopic (exact) mass is 530 g/mol. The first-order chi connectivity index (χ1) is 16.7. The van der Waals surface area contributed by atoms with Crippen LogP contribution in [0, 0.1) is 11.3 Å². The van der Waals surface area contributed by atoms with Gasteiger partial charge in [0.25, 0.3) is 0 Å². The summed E-state index contributed by atoms with van der Waals surface area (Å²) in [7, 11) is 0. The number of hydrogen-bond acceptors (Lipinski definition) is 6. The Kier molecular flexibility index (Phi) is 10.3. The van der Waals surface area contributed by atoms with Crippen molar-refractivity contribution in [2.45, 2.75) is 50.6 Å². The van der Waals surface area contributed by atoms with Gasteiger partial charge in [-0.25, -0.2) is 14.6 Å². The van der Waals surface area contributed by atoms with Gasteiger partial charge in [-0.2, -0.15) is 26.3 Å². The maximum absolute atomic E-state index is 10.6. The molecule has 0 radical (unpaired) electrons. The second kappa shape index (κ2) is 12.6. The minimum absolute atomic E-state index is 0.156. The lowest BCUT2D eigenvalue weighted by atomic mass is 9.73. The summed E-state index contributed by atoms with van der Waals surface area (Å²) in [6.07, 6.45) is -1.65. The predicted molar refractivity (Wildman–Crippen MR) is 112 cm³/mol. The van der Waals surface area contributed by atoms with Crippen LogP contribution in [0.15, 0.2) is 24.4 Å². The van der Waals surface area contributed by atoms with E-state index < -0.39 is 24.3 Å². The number of ether oxygens (including phenoxy) is 2. The van der Waals surface area contributed by atoms with Crippen molar-refractivity contribution in [2.75, 3.05) is 32.8 Å². The van der Waals surface area contributed by atoms with E-state index in [9.17, 15) is 26.3 Å². The van der Waals surface area contributed by atoms with Crippen LogP contribution >= 0.6 is 0 Å². The molecule has 0 bridgehead atoms. The summed E-state index contributed by atoms with van der Waals surface area (Å²) < 4.78 is 75.6. The molecule has 3 fully saturated rings. The van der Waals surface area contributed by atoms with Crippen molar-refractivity contribution >= 4 is 11.9 Å². The molecule has 0 aromatic carbocycles. The largest absolute Gasteiger partial charge is 0.490 e. The third-order valence-electron chi connectivity index (χ3n) is 5.91. The Bertz CT molecular complexity index is 826. The molecule has 3 heterocycles. The Balaban J connectivity index is 0.000000271. The fraction of sp³-hybridized carbons (Fsp3) is 0.682. The van der Waals surface area contributed by atoms with Crippen LogP contribution in [0.25, 0.3) is 0 Å². The minimum atomic E-state index is -5.08. The Morgan fingerprint density at radius 2 is 1.69 bits per heavy atom. The Labute approximate surface area is 203 Å². The molecule has 2 N–H and O–H groups in total. The highest BCUT2D eigenvalue weighted by Gasteiger charge is 2.47. The minimum Gasteiger partial charge on any atom is -0.477 e. The number of rotatable bonds is 5. The number of hydrogen-bond donors (Lipinski definition) is 2. The van der Waals surface area contributed by atoms with Gasteiger partial charge in [0.2, 0.25) is 5.88 Å². The van der Waals surface area contributed by atoms with Crippen LogP contribution in [0.4, 0.5) is 26.3 Å². The molecule has 2 saturated heterocycles. The van der Waals surface area contributed by atoms with Crippen LogP contribution in [0.3, 0.4) is 0 Å². The predicted octanol–water partition coefficient (Wildman–Crippen LogP) is 4.01. The molecule has 2 aliphatic heterocycles. The van der Waals surface area contributed by atoms with E-state index in [0.29, 0.717) is 6.10 Å². The number of halogens is 6. The third-order valence-corrected chi connectivity index (χ3v) is 5.91. The lowest BCUT2D eigenvalue weighted by Crippen LogP contribution is -2.57. The summed E-state index contributed by atoms with van der Waals surface area (Å²) in [6.45, 7) is 5.24. The number of nitrogens with zero attached hydrogens (tertiary/aromatic N) is 2. The van der Waals surface area contributed by atoms with E-state index in [0.717, 1.165) is 44.4 Å². The van der Waals surface area contributed by atoms with Gasteiger partial charge in [-0.15, -0.1) is 0 Å². The summed E-state index contributed by atoms with van der Waals surface area (Å²) in [6, 6.07) is 5.85. The highest BCUT2D eigenvalue weighted by atomic mass is 19.4. The number of aliphatic carboxylic acids is 2. The smallest absolute Gasteiger partial charge is 0.477 e. The normalized spacial score (nSPS) is 24.2. The summed E-state index contributed by atoms with van der Waals surface area (Å²) in [4.78, 5) is 24.7. The summed E-state index contributed by atoms with van der Waals surface area (Å²) in [5.41, 5.74) is 0.156. The number of alkyl halides is 6. The fourth-order valence-electron chi connectivity index (χ4n) is 4.06. The molecule has 2 unspecified atom stereocenters. The van der Waals surface area contributed by atoms with E-state index in [4.69, 9.17) is 29.3 Å². The van der Waals surface area contributed by atoms with Crippen LogP contribution in [0.1, 0.15) is 32.1 Å².